The molecular formula is C7H11BrO2. The van der Waals surface area contributed by atoms with Crippen LogP contribution in [0.2, 0.25) is 0 Å². The molecule has 0 saturated heterocycles. The van der Waals surface area contributed by atoms with Crippen molar-refractivity contribution in [1.82, 2.24) is 0 Å². The Hall–Kier alpha value is -0.310. The van der Waals surface area contributed by atoms with Gasteiger partial charge in [0.2, 0.25) is 0 Å². The fraction of sp³-hybridized carbons (Fsp3) is 0.571. The average Bonchev–Trinajstić information content (AvgIpc) is 1.90. The van der Waals surface area contributed by atoms with E-state index in [0.29, 0.717) is 4.48 Å². The van der Waals surface area contributed by atoms with Crippen LogP contribution >= 0.6 is 15.9 Å². The summed E-state index contributed by atoms with van der Waals surface area (Å²) in [6.45, 7) is 3.89. The van der Waals surface area contributed by atoms with Gasteiger partial charge in [-0.2, -0.15) is 0 Å². The van der Waals surface area contributed by atoms with Crippen LogP contribution in [0.4, 0.5) is 0 Å². The minimum absolute atomic E-state index is 0.317. The van der Waals surface area contributed by atoms with Gasteiger partial charge in [0, 0.05) is 0 Å². The summed E-state index contributed by atoms with van der Waals surface area (Å²) in [6, 6.07) is 0. The van der Waals surface area contributed by atoms with Gasteiger partial charge in [-0.1, -0.05) is 13.8 Å². The number of halogens is 1. The molecule has 2 nitrogen and oxygen atoms in total. The first-order chi connectivity index (χ1) is 4.63. The molecule has 0 heterocycles. The third-order valence-electron chi connectivity index (χ3n) is 1.35. The molecule has 0 aromatic carbocycles. The Kier molecular flexibility index (Phi) is 4.36. The van der Waals surface area contributed by atoms with Gasteiger partial charge < -0.3 is 5.11 Å². The van der Waals surface area contributed by atoms with Crippen molar-refractivity contribution in [3.05, 3.63) is 10.1 Å². The average molecular weight is 207 g/mol. The van der Waals surface area contributed by atoms with E-state index in [9.17, 15) is 4.79 Å². The van der Waals surface area contributed by atoms with Gasteiger partial charge in [0.15, 0.2) is 0 Å². The molecule has 0 bridgehead atoms. The van der Waals surface area contributed by atoms with Gasteiger partial charge >= 0.3 is 5.97 Å². The Morgan fingerprint density at radius 1 is 1.40 bits per heavy atom. The summed E-state index contributed by atoms with van der Waals surface area (Å²) in [4.78, 5) is 10.4. The molecule has 0 aliphatic rings. The Balaban J connectivity index is 4.43. The maximum Gasteiger partial charge on any atom is 0.342 e. The third-order valence-corrected chi connectivity index (χ3v) is 2.25. The van der Waals surface area contributed by atoms with Crippen molar-refractivity contribution in [2.75, 3.05) is 0 Å². The van der Waals surface area contributed by atoms with Crippen molar-refractivity contribution in [2.45, 2.75) is 26.7 Å². The van der Waals surface area contributed by atoms with Crippen molar-refractivity contribution in [3.8, 4) is 0 Å². The molecule has 0 rings (SSSR count). The predicted molar refractivity (Wildman–Crippen MR) is 44.2 cm³/mol. The van der Waals surface area contributed by atoms with Crippen LogP contribution in [-0.2, 0) is 4.79 Å². The molecule has 0 radical (unpaired) electrons. The van der Waals surface area contributed by atoms with E-state index >= 15 is 0 Å². The third kappa shape index (κ3) is 2.52. The summed E-state index contributed by atoms with van der Waals surface area (Å²) in [5.41, 5.74) is 0.951. The van der Waals surface area contributed by atoms with E-state index in [1.54, 1.807) is 0 Å². The molecule has 0 fully saturated rings. The standard InChI is InChI=1S/C7H11BrO2/c1-3-5(4-2)6(8)7(9)10/h3-4H2,1-2H3,(H,9,10). The van der Waals surface area contributed by atoms with Crippen molar-refractivity contribution < 1.29 is 9.90 Å². The minimum atomic E-state index is -0.876. The van der Waals surface area contributed by atoms with Crippen molar-refractivity contribution in [2.24, 2.45) is 0 Å². The van der Waals surface area contributed by atoms with Crippen LogP contribution in [0.25, 0.3) is 0 Å². The summed E-state index contributed by atoms with van der Waals surface area (Å²) in [6.07, 6.45) is 1.59. The summed E-state index contributed by atoms with van der Waals surface area (Å²) in [5.74, 6) is -0.876. The fourth-order valence-corrected chi connectivity index (χ4v) is 1.27. The Morgan fingerprint density at radius 3 is 1.90 bits per heavy atom. The first-order valence-corrected chi connectivity index (χ1v) is 4.03. The van der Waals surface area contributed by atoms with Gasteiger partial charge in [0.05, 0.1) is 0 Å². The number of aliphatic carboxylic acids is 1. The van der Waals surface area contributed by atoms with Crippen LogP contribution in [0.1, 0.15) is 26.7 Å². The molecule has 0 aliphatic carbocycles. The molecule has 0 unspecified atom stereocenters. The second-order valence-electron chi connectivity index (χ2n) is 1.93. The SMILES string of the molecule is CCC(CC)=C(Br)C(=O)O. The zero-order valence-electron chi connectivity index (χ0n) is 6.15. The van der Waals surface area contributed by atoms with Gasteiger partial charge in [0.25, 0.3) is 0 Å². The van der Waals surface area contributed by atoms with Crippen LogP contribution < -0.4 is 0 Å². The van der Waals surface area contributed by atoms with Crippen LogP contribution in [0, 0.1) is 0 Å². The first kappa shape index (κ1) is 9.69. The van der Waals surface area contributed by atoms with Crippen LogP contribution in [0.15, 0.2) is 10.1 Å². The molecule has 58 valence electrons. The summed E-state index contributed by atoms with van der Waals surface area (Å²) < 4.78 is 0.317. The van der Waals surface area contributed by atoms with Crippen molar-refractivity contribution >= 4 is 21.9 Å². The number of rotatable bonds is 3. The smallest absolute Gasteiger partial charge is 0.342 e. The fourth-order valence-electron chi connectivity index (χ4n) is 0.712. The monoisotopic (exact) mass is 206 g/mol. The topological polar surface area (TPSA) is 37.3 Å². The lowest BCUT2D eigenvalue weighted by molar-refractivity contribution is -0.131. The van der Waals surface area contributed by atoms with E-state index in [0.717, 1.165) is 18.4 Å². The summed E-state index contributed by atoms with van der Waals surface area (Å²) in [5, 5.41) is 8.51. The number of hydrogen-bond acceptors (Lipinski definition) is 1. The largest absolute Gasteiger partial charge is 0.477 e. The second-order valence-corrected chi connectivity index (χ2v) is 2.72. The molecule has 0 atom stereocenters. The molecule has 3 heteroatoms. The summed E-state index contributed by atoms with van der Waals surface area (Å²) in [7, 11) is 0. The van der Waals surface area contributed by atoms with Gasteiger partial charge in [0.1, 0.15) is 4.48 Å². The van der Waals surface area contributed by atoms with E-state index in [2.05, 4.69) is 15.9 Å². The van der Waals surface area contributed by atoms with E-state index in [1.807, 2.05) is 13.8 Å². The first-order valence-electron chi connectivity index (χ1n) is 3.24. The molecule has 0 aromatic heterocycles. The Morgan fingerprint density at radius 2 is 1.80 bits per heavy atom. The molecular weight excluding hydrogens is 196 g/mol. The highest BCUT2D eigenvalue weighted by Crippen LogP contribution is 2.17. The maximum atomic E-state index is 10.4. The Labute approximate surface area is 69.1 Å². The molecule has 0 saturated carbocycles. The lowest BCUT2D eigenvalue weighted by Crippen LogP contribution is -1.97. The van der Waals surface area contributed by atoms with Gasteiger partial charge in [-0.05, 0) is 34.3 Å². The quantitative estimate of drug-likeness (QED) is 0.722. The summed E-state index contributed by atoms with van der Waals surface area (Å²) >= 11 is 3.01. The van der Waals surface area contributed by atoms with E-state index in [4.69, 9.17) is 5.11 Å². The van der Waals surface area contributed by atoms with Crippen LogP contribution in [-0.4, -0.2) is 11.1 Å². The molecule has 10 heavy (non-hydrogen) atoms. The lowest BCUT2D eigenvalue weighted by atomic mass is 10.1. The molecule has 0 amide bonds. The van der Waals surface area contributed by atoms with E-state index in [1.165, 1.54) is 0 Å². The van der Waals surface area contributed by atoms with Crippen LogP contribution in [0.5, 0.6) is 0 Å². The number of allylic oxidation sites excluding steroid dienone is 1. The normalized spacial score (nSPS) is 9.10. The molecule has 0 spiro atoms. The number of carbonyl (C=O) groups is 1. The second kappa shape index (κ2) is 4.50. The zero-order chi connectivity index (χ0) is 8.15. The lowest BCUT2D eigenvalue weighted by Gasteiger charge is -2.00. The molecule has 1 N–H and O–H groups in total. The number of carboxylic acid groups (broad SMARTS) is 1. The van der Waals surface area contributed by atoms with Crippen LogP contribution in [0.3, 0.4) is 0 Å². The highest BCUT2D eigenvalue weighted by molar-refractivity contribution is 9.12. The van der Waals surface area contributed by atoms with Crippen molar-refractivity contribution in [3.63, 3.8) is 0 Å². The van der Waals surface area contributed by atoms with Gasteiger partial charge in [-0.15, -0.1) is 0 Å². The van der Waals surface area contributed by atoms with E-state index in [-0.39, 0.29) is 0 Å². The number of carboxylic acids is 1. The van der Waals surface area contributed by atoms with Gasteiger partial charge in [-0.25, -0.2) is 4.79 Å². The highest BCUT2D eigenvalue weighted by Gasteiger charge is 2.06. The predicted octanol–water partition coefficient (Wildman–Crippen LogP) is 2.54. The van der Waals surface area contributed by atoms with Gasteiger partial charge in [-0.3, -0.25) is 0 Å². The Bertz CT molecular complexity index is 155. The van der Waals surface area contributed by atoms with Crippen molar-refractivity contribution in [1.29, 1.82) is 0 Å². The number of hydrogen-bond donors (Lipinski definition) is 1. The molecule has 0 aliphatic heterocycles. The highest BCUT2D eigenvalue weighted by atomic mass is 79.9. The maximum absolute atomic E-state index is 10.4. The molecule has 0 aromatic rings. The zero-order valence-corrected chi connectivity index (χ0v) is 7.73. The minimum Gasteiger partial charge on any atom is -0.477 e. The van der Waals surface area contributed by atoms with E-state index < -0.39 is 5.97 Å².